The minimum atomic E-state index is -5.41. The summed E-state index contributed by atoms with van der Waals surface area (Å²) in [5, 5.41) is 8.53. The first kappa shape index (κ1) is 83.1. The van der Waals surface area contributed by atoms with Gasteiger partial charge in [-0.2, -0.15) is 13.2 Å². The number of fused-ring (bicyclic) bond motifs is 22. The van der Waals surface area contributed by atoms with Crippen LogP contribution in [0, 0.1) is 23.5 Å². The third-order valence-electron chi connectivity index (χ3n) is 22.6. The fraction of sp³-hybridized carbons (Fsp3) is 0.658. The molecule has 6 bridgehead atoms. The topological polar surface area (TPSA) is 279 Å². The van der Waals surface area contributed by atoms with Gasteiger partial charge < -0.3 is 64.8 Å². The van der Waals surface area contributed by atoms with Crippen molar-refractivity contribution in [3.05, 3.63) is 82.4 Å². The Morgan fingerprint density at radius 3 is 1.91 bits per heavy atom. The summed E-state index contributed by atoms with van der Waals surface area (Å²) in [5.41, 5.74) is -2.66. The van der Waals surface area contributed by atoms with Crippen LogP contribution < -0.4 is 16.0 Å². The number of alkyl halides is 3. The molecule has 3 N–H and O–H groups in total. The first-order valence-electron chi connectivity index (χ1n) is 37.4. The molecule has 2 saturated carbocycles. The fourth-order valence-corrected chi connectivity index (χ4v) is 15.6. The zero-order valence-electron chi connectivity index (χ0n) is 63.1. The Labute approximate surface area is 617 Å². The van der Waals surface area contributed by atoms with E-state index >= 15 is 47.1 Å². The second-order valence-electron chi connectivity index (χ2n) is 29.7. The van der Waals surface area contributed by atoms with Crippen LogP contribution >= 0.6 is 0 Å². The Morgan fingerprint density at radius 1 is 0.660 bits per heavy atom. The fourth-order valence-electron chi connectivity index (χ4n) is 15.6. The SMILES string of the molecule is CCO[C@@H]1C[C@H]2C(=O)NC3(CCC3)C(=O)N(C)[C@@H](C3CCCC3)C(=O)N(C)[C@H](C(=O)N(C)CC)CC(=O)N(C)[C@H]3CCCCCc4ccc(cc4)C[C@@H](C(=O)N(C)CC(=O)N[C@@H](CCc4cc(F)c(C(F)(F)F)c(F)c4)C(=O)N2C1)N1CC/C=C\C[C@@H](C1=O)N(C)C(=O)CN(C)C(=O)[C@H]([C@@H](C)CC)NC3=O. The second-order valence-corrected chi connectivity index (χ2v) is 29.7. The van der Waals surface area contributed by atoms with Crippen molar-refractivity contribution in [1.82, 2.24) is 60.0 Å². The average Bonchev–Trinajstić information content (AvgIpc) is 1.40. The molecule has 0 aromatic heterocycles. The minimum absolute atomic E-state index is 0.0254. The van der Waals surface area contributed by atoms with E-state index in [4.69, 9.17) is 4.74 Å². The number of aryl methyl sites for hydroxylation is 2. The Bertz CT molecular complexity index is 3570. The highest BCUT2D eigenvalue weighted by molar-refractivity contribution is 6.01. The van der Waals surface area contributed by atoms with Crippen LogP contribution in [0.15, 0.2) is 48.6 Å². The molecule has 584 valence electrons. The first-order valence-corrected chi connectivity index (χ1v) is 37.4. The molecule has 2 aliphatic carbocycles. The van der Waals surface area contributed by atoms with Crippen molar-refractivity contribution in [2.24, 2.45) is 11.8 Å². The summed E-state index contributed by atoms with van der Waals surface area (Å²) in [6, 6.07) is -2.74. The van der Waals surface area contributed by atoms with Crippen molar-refractivity contribution in [1.29, 1.82) is 0 Å². The highest BCUT2D eigenvalue weighted by Gasteiger charge is 2.54. The summed E-state index contributed by atoms with van der Waals surface area (Å²) < 4.78 is 78.1. The van der Waals surface area contributed by atoms with Crippen molar-refractivity contribution in [3.8, 4) is 0 Å². The van der Waals surface area contributed by atoms with Gasteiger partial charge in [0.05, 0.1) is 25.6 Å². The molecule has 2 aromatic carbocycles. The largest absolute Gasteiger partial charge is 0.422 e. The predicted octanol–water partition coefficient (Wildman–Crippen LogP) is 5.18. The van der Waals surface area contributed by atoms with Crippen molar-refractivity contribution < 1.29 is 84.2 Å². The van der Waals surface area contributed by atoms with Gasteiger partial charge in [0.2, 0.25) is 70.9 Å². The molecule has 25 nitrogen and oxygen atoms in total. The highest BCUT2D eigenvalue weighted by Crippen LogP contribution is 2.39. The summed E-state index contributed by atoms with van der Waals surface area (Å²) in [7, 11) is 9.84. The zero-order chi connectivity index (χ0) is 77.8. The number of halogens is 5. The molecule has 30 heteroatoms. The standard InChI is InChI=1S/C76H107F5N12O13/c1-12-46(4)64-72(103)87(7)45-62(96)89(9)56-28-19-16-22-37-92(71(56)102)59-40-48-31-29-47(30-32-48)24-17-15-18-27-55(66(97)83-64)88(8)61(95)42-58(69(100)85(5)13-2)90(10)73(104)65(50-25-20-21-26-50)91(11)74(105)75(35-23-36-75)84-67(98)57-41-51(106-14-3)43-93(57)68(99)54(82-60(94)44-86(6)70(59)101)34-33-49-38-52(77)63(53(78)39-49)76(79,80)81/h16,19,29-32,38-39,46,50-51,54-59,64-65H,12-15,17-18,20-28,33-37,40-45H2,1-11H3,(H,82,94)(H,83,97)(H,84,98)/b19-16-/t46-,51+,54-,55-,56-,57-,58-,59-,64-,65-/m0/s1. The lowest BCUT2D eigenvalue weighted by atomic mass is 9.74. The van der Waals surface area contributed by atoms with E-state index in [1.807, 2.05) is 19.1 Å². The van der Waals surface area contributed by atoms with E-state index in [0.717, 1.165) is 20.3 Å². The first-order chi connectivity index (χ1) is 50.2. The van der Waals surface area contributed by atoms with E-state index < -0.39 is 198 Å². The van der Waals surface area contributed by atoms with Crippen LogP contribution in [0.25, 0.3) is 0 Å². The van der Waals surface area contributed by atoms with Crippen LogP contribution in [-0.4, -0.2) is 264 Å². The van der Waals surface area contributed by atoms with Crippen LogP contribution in [0.3, 0.4) is 0 Å². The summed E-state index contributed by atoms with van der Waals surface area (Å²) in [6.45, 7) is 5.53. The Kier molecular flexibility index (Phi) is 28.5. The smallest absolute Gasteiger partial charge is 0.377 e. The van der Waals surface area contributed by atoms with Crippen LogP contribution in [0.4, 0.5) is 22.0 Å². The third kappa shape index (κ3) is 19.4. The van der Waals surface area contributed by atoms with Crippen molar-refractivity contribution in [3.63, 3.8) is 0 Å². The zero-order valence-corrected chi connectivity index (χ0v) is 63.1. The van der Waals surface area contributed by atoms with Gasteiger partial charge in [0.1, 0.15) is 71.1 Å². The molecular weight excluding hydrogens is 1380 g/mol. The lowest BCUT2D eigenvalue weighted by Gasteiger charge is -2.46. The predicted molar refractivity (Wildman–Crippen MR) is 381 cm³/mol. The van der Waals surface area contributed by atoms with Crippen LogP contribution in [-0.2, 0) is 87.7 Å². The van der Waals surface area contributed by atoms with E-state index in [0.29, 0.717) is 81.9 Å². The van der Waals surface area contributed by atoms with Gasteiger partial charge in [-0.25, -0.2) is 8.78 Å². The molecule has 10 rings (SSSR count). The maximum atomic E-state index is 15.7. The monoisotopic (exact) mass is 1490 g/mol. The number of hydrogen-bond donors (Lipinski definition) is 3. The number of benzene rings is 2. The van der Waals surface area contributed by atoms with Gasteiger partial charge in [-0.05, 0) is 132 Å². The summed E-state index contributed by atoms with van der Waals surface area (Å²) in [4.78, 5) is 193. The van der Waals surface area contributed by atoms with Crippen molar-refractivity contribution in [2.45, 2.75) is 222 Å². The average molecular weight is 1490 g/mol. The van der Waals surface area contributed by atoms with Crippen molar-refractivity contribution in [2.75, 3.05) is 88.7 Å². The molecule has 10 atom stereocenters. The van der Waals surface area contributed by atoms with Crippen LogP contribution in [0.1, 0.15) is 159 Å². The molecule has 6 aliphatic heterocycles. The number of nitrogens with one attached hydrogen (secondary N) is 3. The molecule has 6 heterocycles. The molecule has 12 amide bonds. The van der Waals surface area contributed by atoms with Crippen LogP contribution in [0.2, 0.25) is 0 Å². The summed E-state index contributed by atoms with van der Waals surface area (Å²) >= 11 is 0. The van der Waals surface area contributed by atoms with E-state index in [2.05, 4.69) is 16.0 Å². The summed E-state index contributed by atoms with van der Waals surface area (Å²) in [6.07, 6.45) is 1.08. The number of nitrogens with zero attached hydrogens (tertiary/aromatic N) is 9. The molecule has 3 fully saturated rings. The van der Waals surface area contributed by atoms with E-state index in [1.54, 1.807) is 45.1 Å². The van der Waals surface area contributed by atoms with Gasteiger partial charge in [-0.15, -0.1) is 0 Å². The Hall–Kier alpha value is -8.57. The molecule has 1 spiro atoms. The number of rotatable bonds is 10. The van der Waals surface area contributed by atoms with Gasteiger partial charge in [-0.3, -0.25) is 57.5 Å². The maximum absolute atomic E-state index is 15.7. The Morgan fingerprint density at radius 2 is 1.29 bits per heavy atom. The molecule has 1 saturated heterocycles. The third-order valence-corrected chi connectivity index (χ3v) is 22.6. The van der Waals surface area contributed by atoms with Gasteiger partial charge in [0.15, 0.2) is 0 Å². The molecular formula is C76H107F5N12O13. The molecule has 0 unspecified atom stereocenters. The van der Waals surface area contributed by atoms with E-state index in [1.165, 1.54) is 78.7 Å². The van der Waals surface area contributed by atoms with Crippen molar-refractivity contribution >= 4 is 70.9 Å². The lowest BCUT2D eigenvalue weighted by Crippen LogP contribution is -2.68. The second kappa shape index (κ2) is 36.4. The molecule has 2 aromatic rings. The molecule has 106 heavy (non-hydrogen) atoms. The molecule has 0 radical (unpaired) electrons. The van der Waals surface area contributed by atoms with E-state index in [9.17, 15) is 32.3 Å². The van der Waals surface area contributed by atoms with Gasteiger partial charge in [0, 0.05) is 88.4 Å². The normalized spacial score (nSPS) is 27.0. The number of carbonyl (C=O) groups excluding carboxylic acids is 12. The number of carbonyl (C=O) groups is 12. The summed E-state index contributed by atoms with van der Waals surface area (Å²) in [5.74, 6) is -13.7. The minimum Gasteiger partial charge on any atom is -0.377 e. The highest BCUT2D eigenvalue weighted by atomic mass is 19.4. The van der Waals surface area contributed by atoms with E-state index in [-0.39, 0.29) is 76.8 Å². The number of amides is 12. The number of ether oxygens (including phenoxy) is 1. The number of likely N-dealkylation sites (N-methyl/N-ethyl adjacent to an activating group) is 7. The Balaban J connectivity index is 1.27. The quantitative estimate of drug-likeness (QED) is 0.157. The van der Waals surface area contributed by atoms with Gasteiger partial charge >= 0.3 is 6.18 Å². The molecule has 8 aliphatic rings. The van der Waals surface area contributed by atoms with Gasteiger partial charge in [0.25, 0.3) is 0 Å². The number of hydrogen-bond acceptors (Lipinski definition) is 13. The van der Waals surface area contributed by atoms with Crippen LogP contribution in [0.5, 0.6) is 0 Å². The lowest BCUT2D eigenvalue weighted by molar-refractivity contribution is -0.158. The maximum Gasteiger partial charge on any atom is 0.422 e. The van der Waals surface area contributed by atoms with Gasteiger partial charge in [-0.1, -0.05) is 82.4 Å².